The number of rotatable bonds is 4. The van der Waals surface area contributed by atoms with E-state index in [9.17, 15) is 14.7 Å². The lowest BCUT2D eigenvalue weighted by molar-refractivity contribution is -0.311. The van der Waals surface area contributed by atoms with Crippen LogP contribution in [-0.2, 0) is 22.6 Å². The molecule has 25 heavy (non-hydrogen) atoms. The Balaban J connectivity index is 1.74. The maximum atomic E-state index is 12.6. The van der Waals surface area contributed by atoms with Crippen molar-refractivity contribution in [1.82, 2.24) is 4.90 Å². The lowest BCUT2D eigenvalue weighted by Gasteiger charge is -2.37. The molecule has 130 valence electrons. The third-order valence-corrected chi connectivity index (χ3v) is 4.40. The van der Waals surface area contributed by atoms with Crippen LogP contribution in [0.3, 0.4) is 0 Å². The van der Waals surface area contributed by atoms with E-state index in [2.05, 4.69) is 0 Å². The first-order valence-corrected chi connectivity index (χ1v) is 8.22. The Kier molecular flexibility index (Phi) is 4.74. The number of hydrogen-bond acceptors (Lipinski definition) is 4. The average molecular weight is 338 g/mol. The van der Waals surface area contributed by atoms with Crippen LogP contribution >= 0.6 is 0 Å². The van der Waals surface area contributed by atoms with Gasteiger partial charge in [-0.1, -0.05) is 30.3 Å². The zero-order chi connectivity index (χ0) is 18.0. The summed E-state index contributed by atoms with van der Waals surface area (Å²) in [5.74, 6) is -0.995. The third kappa shape index (κ3) is 3.82. The number of carbonyl (C=O) groups is 2. The van der Waals surface area contributed by atoms with Gasteiger partial charge in [-0.25, -0.2) is 0 Å². The molecule has 0 radical (unpaired) electrons. The summed E-state index contributed by atoms with van der Waals surface area (Å²) in [6.45, 7) is 3.96. The Bertz CT molecular complexity index is 795. The van der Waals surface area contributed by atoms with E-state index in [0.717, 1.165) is 22.3 Å². The van der Waals surface area contributed by atoms with Gasteiger partial charge in [-0.15, -0.1) is 0 Å². The molecule has 0 N–H and O–H groups in total. The van der Waals surface area contributed by atoms with E-state index in [1.54, 1.807) is 0 Å². The van der Waals surface area contributed by atoms with Gasteiger partial charge < -0.3 is 19.5 Å². The number of hydrogen-bond donors (Lipinski definition) is 0. The number of aryl methyl sites for hydroxylation is 2. The minimum absolute atomic E-state index is 0.200. The SMILES string of the molecule is Cc1cc(C)cc(OCC(=O)N2Cc3ccccc3C[C@H]2C(=O)[O-])c1. The Morgan fingerprint density at radius 1 is 1.12 bits per heavy atom. The first-order valence-electron chi connectivity index (χ1n) is 8.22. The minimum atomic E-state index is -1.24. The first-order chi connectivity index (χ1) is 11.9. The third-order valence-electron chi connectivity index (χ3n) is 4.40. The van der Waals surface area contributed by atoms with Gasteiger partial charge in [0.05, 0.1) is 12.0 Å². The smallest absolute Gasteiger partial charge is 0.261 e. The Morgan fingerprint density at radius 2 is 1.76 bits per heavy atom. The van der Waals surface area contributed by atoms with Crippen molar-refractivity contribution in [3.05, 3.63) is 64.7 Å². The molecule has 2 aromatic rings. The molecule has 1 aliphatic heterocycles. The molecule has 2 aromatic carbocycles. The molecule has 0 saturated carbocycles. The van der Waals surface area contributed by atoms with E-state index < -0.39 is 12.0 Å². The van der Waals surface area contributed by atoms with Crippen LogP contribution in [0, 0.1) is 13.8 Å². The largest absolute Gasteiger partial charge is 0.548 e. The molecule has 1 atom stereocenters. The van der Waals surface area contributed by atoms with Crippen molar-refractivity contribution in [2.45, 2.75) is 32.9 Å². The van der Waals surface area contributed by atoms with Crippen LogP contribution in [0.25, 0.3) is 0 Å². The van der Waals surface area contributed by atoms with Gasteiger partial charge in [-0.2, -0.15) is 0 Å². The second-order valence-electron chi connectivity index (χ2n) is 6.44. The lowest BCUT2D eigenvalue weighted by atomic mass is 9.94. The Labute approximate surface area is 146 Å². The summed E-state index contributed by atoms with van der Waals surface area (Å²) in [6.07, 6.45) is 0.258. The van der Waals surface area contributed by atoms with Gasteiger partial charge in [0.2, 0.25) is 0 Å². The summed E-state index contributed by atoms with van der Waals surface area (Å²) in [6, 6.07) is 12.3. The topological polar surface area (TPSA) is 69.7 Å². The monoisotopic (exact) mass is 338 g/mol. The standard InChI is InChI=1S/C20H21NO4/c1-13-7-14(2)9-17(8-13)25-12-19(22)21-11-16-6-4-3-5-15(16)10-18(21)20(23)24/h3-9,18H,10-12H2,1-2H3,(H,23,24)/p-1/t18-/m0/s1. The number of ether oxygens (including phenoxy) is 1. The number of aliphatic carboxylic acids is 1. The maximum absolute atomic E-state index is 12.6. The fraction of sp³-hybridized carbons (Fsp3) is 0.300. The highest BCUT2D eigenvalue weighted by Gasteiger charge is 2.30. The predicted molar refractivity (Wildman–Crippen MR) is 90.9 cm³/mol. The van der Waals surface area contributed by atoms with E-state index >= 15 is 0 Å². The zero-order valence-corrected chi connectivity index (χ0v) is 14.3. The molecule has 0 spiro atoms. The molecule has 0 aromatic heterocycles. The second kappa shape index (κ2) is 6.97. The molecule has 5 nitrogen and oxygen atoms in total. The number of amides is 1. The molecule has 1 aliphatic rings. The molecular formula is C20H20NO4-. The van der Waals surface area contributed by atoms with E-state index in [-0.39, 0.29) is 25.5 Å². The first kappa shape index (κ1) is 17.0. The number of carboxylic acid groups (broad SMARTS) is 1. The summed E-state index contributed by atoms with van der Waals surface area (Å²) in [4.78, 5) is 25.4. The molecule has 3 rings (SSSR count). The van der Waals surface area contributed by atoms with E-state index in [1.807, 2.05) is 56.3 Å². The van der Waals surface area contributed by atoms with Crippen LogP contribution in [0.1, 0.15) is 22.3 Å². The number of carboxylic acids is 1. The summed E-state index contributed by atoms with van der Waals surface area (Å²) >= 11 is 0. The lowest BCUT2D eigenvalue weighted by Crippen LogP contribution is -2.54. The molecule has 5 heteroatoms. The highest BCUT2D eigenvalue weighted by molar-refractivity contribution is 5.84. The quantitative estimate of drug-likeness (QED) is 0.845. The zero-order valence-electron chi connectivity index (χ0n) is 14.3. The van der Waals surface area contributed by atoms with Crippen molar-refractivity contribution >= 4 is 11.9 Å². The highest BCUT2D eigenvalue weighted by atomic mass is 16.5. The van der Waals surface area contributed by atoms with E-state index in [1.165, 1.54) is 4.90 Å². The van der Waals surface area contributed by atoms with Gasteiger partial charge in [0.1, 0.15) is 5.75 Å². The van der Waals surface area contributed by atoms with Crippen LogP contribution in [-0.4, -0.2) is 29.4 Å². The molecular weight excluding hydrogens is 318 g/mol. The van der Waals surface area contributed by atoms with Crippen molar-refractivity contribution in [2.24, 2.45) is 0 Å². The van der Waals surface area contributed by atoms with Gasteiger partial charge in [0.15, 0.2) is 6.61 Å². The molecule has 0 fully saturated rings. The van der Waals surface area contributed by atoms with Crippen molar-refractivity contribution in [3.63, 3.8) is 0 Å². The number of nitrogens with zero attached hydrogens (tertiary/aromatic N) is 1. The number of fused-ring (bicyclic) bond motifs is 1. The molecule has 0 unspecified atom stereocenters. The van der Waals surface area contributed by atoms with Gasteiger partial charge in [-0.3, -0.25) is 4.79 Å². The van der Waals surface area contributed by atoms with Crippen molar-refractivity contribution in [1.29, 1.82) is 0 Å². The van der Waals surface area contributed by atoms with Gasteiger partial charge >= 0.3 is 0 Å². The molecule has 1 heterocycles. The van der Waals surface area contributed by atoms with Crippen LogP contribution < -0.4 is 9.84 Å². The fourth-order valence-electron chi connectivity index (χ4n) is 3.24. The van der Waals surface area contributed by atoms with Crippen molar-refractivity contribution in [2.75, 3.05) is 6.61 Å². The molecule has 0 saturated heterocycles. The van der Waals surface area contributed by atoms with Gasteiger partial charge in [0, 0.05) is 6.54 Å². The van der Waals surface area contributed by atoms with Crippen LogP contribution in [0.2, 0.25) is 0 Å². The Hall–Kier alpha value is -2.82. The summed E-state index contributed by atoms with van der Waals surface area (Å²) in [5, 5.41) is 11.5. The van der Waals surface area contributed by atoms with E-state index in [0.29, 0.717) is 5.75 Å². The molecule has 0 aliphatic carbocycles. The number of benzene rings is 2. The van der Waals surface area contributed by atoms with Crippen molar-refractivity contribution in [3.8, 4) is 5.75 Å². The average Bonchev–Trinajstić information content (AvgIpc) is 2.57. The normalized spacial score (nSPS) is 16.2. The minimum Gasteiger partial charge on any atom is -0.548 e. The van der Waals surface area contributed by atoms with Crippen LogP contribution in [0.15, 0.2) is 42.5 Å². The van der Waals surface area contributed by atoms with Gasteiger partial charge in [-0.05, 0) is 54.7 Å². The van der Waals surface area contributed by atoms with E-state index in [4.69, 9.17) is 4.74 Å². The summed E-state index contributed by atoms with van der Waals surface area (Å²) < 4.78 is 5.59. The van der Waals surface area contributed by atoms with Gasteiger partial charge in [0.25, 0.3) is 5.91 Å². The fourth-order valence-corrected chi connectivity index (χ4v) is 3.24. The molecule has 1 amide bonds. The summed E-state index contributed by atoms with van der Waals surface area (Å²) in [5.41, 5.74) is 3.99. The number of carbonyl (C=O) groups excluding carboxylic acids is 2. The maximum Gasteiger partial charge on any atom is 0.261 e. The predicted octanol–water partition coefficient (Wildman–Crippen LogP) is 1.39. The van der Waals surface area contributed by atoms with Crippen molar-refractivity contribution < 1.29 is 19.4 Å². The second-order valence-corrected chi connectivity index (χ2v) is 6.44. The molecule has 0 bridgehead atoms. The Morgan fingerprint density at radius 3 is 2.40 bits per heavy atom. The van der Waals surface area contributed by atoms with Crippen LogP contribution in [0.4, 0.5) is 0 Å². The highest BCUT2D eigenvalue weighted by Crippen LogP contribution is 2.24. The van der Waals surface area contributed by atoms with Crippen LogP contribution in [0.5, 0.6) is 5.75 Å². The summed E-state index contributed by atoms with van der Waals surface area (Å²) in [7, 11) is 0.